The molecule has 0 aromatic heterocycles. The van der Waals surface area contributed by atoms with E-state index in [1.54, 1.807) is 72.4 Å². The fourth-order valence-corrected chi connectivity index (χ4v) is 4.72. The van der Waals surface area contributed by atoms with Crippen LogP contribution >= 0.6 is 11.8 Å². The Hall–Kier alpha value is -3.30. The van der Waals surface area contributed by atoms with Crippen LogP contribution in [-0.4, -0.2) is 44.7 Å². The van der Waals surface area contributed by atoms with Gasteiger partial charge in [0, 0.05) is 23.2 Å². The zero-order valence-electron chi connectivity index (χ0n) is 18.9. The molecule has 0 bridgehead atoms. The number of nitrogens with one attached hydrogen (secondary N) is 3. The summed E-state index contributed by atoms with van der Waals surface area (Å²) < 4.78 is 24.2. The molecule has 1 atom stereocenters. The maximum atomic E-state index is 12.9. The highest BCUT2D eigenvalue weighted by molar-refractivity contribution is 7.98. The number of hydrogen-bond donors (Lipinski definition) is 3. The van der Waals surface area contributed by atoms with Gasteiger partial charge >= 0.3 is 6.03 Å². The molecular formula is C25H27N3O4S2. The van der Waals surface area contributed by atoms with E-state index in [2.05, 4.69) is 16.0 Å². The molecule has 0 radical (unpaired) electrons. The average molecular weight is 498 g/mol. The van der Waals surface area contributed by atoms with Crippen molar-refractivity contribution in [3.63, 3.8) is 0 Å². The minimum Gasteiger partial charge on any atom is -0.326 e. The van der Waals surface area contributed by atoms with Gasteiger partial charge in [0.05, 0.1) is 4.90 Å². The minimum absolute atomic E-state index is 0.248. The summed E-state index contributed by atoms with van der Waals surface area (Å²) in [5.74, 6) is 0.367. The van der Waals surface area contributed by atoms with Gasteiger partial charge in [-0.3, -0.25) is 4.79 Å². The Bertz CT molecular complexity index is 1230. The summed E-state index contributed by atoms with van der Waals surface area (Å²) in [4.78, 5) is 25.6. The Kier molecular flexibility index (Phi) is 8.72. The Balaban J connectivity index is 1.70. The number of rotatable bonds is 9. The summed E-state index contributed by atoms with van der Waals surface area (Å²) in [5.41, 5.74) is 2.50. The fourth-order valence-electron chi connectivity index (χ4n) is 3.34. The number of hydrogen-bond acceptors (Lipinski definition) is 5. The highest BCUT2D eigenvalue weighted by Gasteiger charge is 2.21. The lowest BCUT2D eigenvalue weighted by Gasteiger charge is -2.19. The van der Waals surface area contributed by atoms with Gasteiger partial charge in [-0.15, -0.1) is 0 Å². The van der Waals surface area contributed by atoms with Crippen molar-refractivity contribution in [1.82, 2.24) is 5.32 Å². The third-order valence-electron chi connectivity index (χ3n) is 5.01. The van der Waals surface area contributed by atoms with Crippen LogP contribution in [0.3, 0.4) is 0 Å². The molecule has 0 heterocycles. The smallest absolute Gasteiger partial charge is 0.319 e. The predicted octanol–water partition coefficient (Wildman–Crippen LogP) is 4.64. The van der Waals surface area contributed by atoms with E-state index in [9.17, 15) is 18.0 Å². The van der Waals surface area contributed by atoms with Gasteiger partial charge < -0.3 is 16.0 Å². The molecule has 3 N–H and O–H groups in total. The second-order valence-electron chi connectivity index (χ2n) is 7.63. The van der Waals surface area contributed by atoms with Crippen LogP contribution in [0, 0.1) is 0 Å². The summed E-state index contributed by atoms with van der Waals surface area (Å²) in [5, 5.41) is 8.30. The van der Waals surface area contributed by atoms with Crippen LogP contribution in [-0.2, 0) is 14.6 Å². The topological polar surface area (TPSA) is 104 Å². The molecule has 3 rings (SSSR count). The third kappa shape index (κ3) is 7.10. The first-order valence-corrected chi connectivity index (χ1v) is 13.9. The Morgan fingerprint density at radius 1 is 0.853 bits per heavy atom. The first kappa shape index (κ1) is 25.3. The second-order valence-corrected chi connectivity index (χ2v) is 10.6. The zero-order valence-corrected chi connectivity index (χ0v) is 20.6. The van der Waals surface area contributed by atoms with Crippen molar-refractivity contribution >= 4 is 44.9 Å². The van der Waals surface area contributed by atoms with E-state index in [-0.39, 0.29) is 10.8 Å². The SMILES string of the molecule is CSCCC(NC(=O)Nc1ccccc1)C(=O)Nc1ccc(-c2ccccc2S(C)(=O)=O)cc1. The molecule has 7 nitrogen and oxygen atoms in total. The van der Waals surface area contributed by atoms with Crippen LogP contribution in [0.25, 0.3) is 11.1 Å². The lowest BCUT2D eigenvalue weighted by Crippen LogP contribution is -2.45. The van der Waals surface area contributed by atoms with Crippen LogP contribution in [0.5, 0.6) is 0 Å². The van der Waals surface area contributed by atoms with Gasteiger partial charge in [0.15, 0.2) is 9.84 Å². The molecule has 3 amide bonds. The van der Waals surface area contributed by atoms with Crippen molar-refractivity contribution < 1.29 is 18.0 Å². The standard InChI is InChI=1S/C25H27N3O4S2/c1-33-17-16-22(28-25(30)27-19-8-4-3-5-9-19)24(29)26-20-14-12-18(13-15-20)21-10-6-7-11-23(21)34(2,31)32/h3-15,22H,16-17H2,1-2H3,(H,26,29)(H2,27,28,30). The van der Waals surface area contributed by atoms with E-state index in [1.807, 2.05) is 24.5 Å². The number of anilines is 2. The molecule has 0 fully saturated rings. The van der Waals surface area contributed by atoms with Gasteiger partial charge in [-0.05, 0) is 54.3 Å². The summed E-state index contributed by atoms with van der Waals surface area (Å²) >= 11 is 1.59. The number of carbonyl (C=O) groups is 2. The Labute approximate surface area is 204 Å². The fraction of sp³-hybridized carbons (Fsp3) is 0.200. The van der Waals surface area contributed by atoms with Crippen molar-refractivity contribution in [2.45, 2.75) is 17.4 Å². The molecule has 3 aromatic rings. The van der Waals surface area contributed by atoms with E-state index in [4.69, 9.17) is 0 Å². The zero-order chi connectivity index (χ0) is 24.6. The monoisotopic (exact) mass is 497 g/mol. The Morgan fingerprint density at radius 2 is 1.47 bits per heavy atom. The van der Waals surface area contributed by atoms with Gasteiger partial charge in [-0.2, -0.15) is 11.8 Å². The molecule has 1 unspecified atom stereocenters. The van der Waals surface area contributed by atoms with Gasteiger partial charge in [0.1, 0.15) is 6.04 Å². The van der Waals surface area contributed by atoms with Gasteiger partial charge in [0.2, 0.25) is 5.91 Å². The highest BCUT2D eigenvalue weighted by atomic mass is 32.2. The van der Waals surface area contributed by atoms with Gasteiger partial charge in [-0.25, -0.2) is 13.2 Å². The second kappa shape index (κ2) is 11.7. The first-order chi connectivity index (χ1) is 16.3. The van der Waals surface area contributed by atoms with Crippen LogP contribution in [0.4, 0.5) is 16.2 Å². The molecule has 0 saturated carbocycles. The van der Waals surface area contributed by atoms with Gasteiger partial charge in [-0.1, -0.05) is 48.5 Å². The third-order valence-corrected chi connectivity index (χ3v) is 6.81. The maximum absolute atomic E-state index is 12.9. The number of para-hydroxylation sites is 1. The van der Waals surface area contributed by atoms with Crippen molar-refractivity contribution in [3.05, 3.63) is 78.9 Å². The maximum Gasteiger partial charge on any atom is 0.319 e. The lowest BCUT2D eigenvalue weighted by molar-refractivity contribution is -0.117. The average Bonchev–Trinajstić information content (AvgIpc) is 2.82. The molecular weight excluding hydrogens is 470 g/mol. The number of benzene rings is 3. The minimum atomic E-state index is -3.38. The first-order valence-electron chi connectivity index (χ1n) is 10.6. The normalized spacial score (nSPS) is 11.9. The molecule has 9 heteroatoms. The molecule has 178 valence electrons. The largest absolute Gasteiger partial charge is 0.326 e. The number of amides is 3. The molecule has 0 aliphatic heterocycles. The van der Waals surface area contributed by atoms with E-state index in [1.165, 1.54) is 6.26 Å². The summed E-state index contributed by atoms with van der Waals surface area (Å²) in [7, 11) is -3.38. The number of thioether (sulfide) groups is 1. The molecule has 0 aliphatic rings. The van der Waals surface area contributed by atoms with Crippen molar-refractivity contribution in [1.29, 1.82) is 0 Å². The van der Waals surface area contributed by atoms with Crippen LogP contribution in [0.15, 0.2) is 83.8 Å². The molecule has 0 spiro atoms. The van der Waals surface area contributed by atoms with E-state index in [0.717, 1.165) is 5.56 Å². The summed E-state index contributed by atoms with van der Waals surface area (Å²) in [6.45, 7) is 0. The summed E-state index contributed by atoms with van der Waals surface area (Å²) in [6, 6.07) is 21.5. The van der Waals surface area contributed by atoms with Crippen LogP contribution in [0.2, 0.25) is 0 Å². The molecule has 0 aliphatic carbocycles. The van der Waals surface area contributed by atoms with Crippen molar-refractivity contribution in [2.24, 2.45) is 0 Å². The quantitative estimate of drug-likeness (QED) is 0.400. The van der Waals surface area contributed by atoms with Crippen molar-refractivity contribution in [2.75, 3.05) is 28.9 Å². The number of carbonyl (C=O) groups excluding carboxylic acids is 2. The van der Waals surface area contributed by atoms with E-state index in [0.29, 0.717) is 29.1 Å². The predicted molar refractivity (Wildman–Crippen MR) is 139 cm³/mol. The molecule has 3 aromatic carbocycles. The molecule has 0 saturated heterocycles. The molecule has 34 heavy (non-hydrogen) atoms. The van der Waals surface area contributed by atoms with Crippen molar-refractivity contribution in [3.8, 4) is 11.1 Å². The van der Waals surface area contributed by atoms with Crippen LogP contribution in [0.1, 0.15) is 6.42 Å². The van der Waals surface area contributed by atoms with E-state index < -0.39 is 21.9 Å². The lowest BCUT2D eigenvalue weighted by atomic mass is 10.1. The Morgan fingerprint density at radius 3 is 2.12 bits per heavy atom. The van der Waals surface area contributed by atoms with Gasteiger partial charge in [0.25, 0.3) is 0 Å². The highest BCUT2D eigenvalue weighted by Crippen LogP contribution is 2.28. The number of sulfone groups is 1. The number of urea groups is 1. The van der Waals surface area contributed by atoms with Crippen LogP contribution < -0.4 is 16.0 Å². The van der Waals surface area contributed by atoms with E-state index >= 15 is 0 Å². The summed E-state index contributed by atoms with van der Waals surface area (Å²) in [6.07, 6.45) is 3.58.